The van der Waals surface area contributed by atoms with E-state index in [9.17, 15) is 9.18 Å². The second-order valence-corrected chi connectivity index (χ2v) is 7.75. The number of piperidine rings is 1. The van der Waals surface area contributed by atoms with E-state index < -0.39 is 0 Å². The summed E-state index contributed by atoms with van der Waals surface area (Å²) < 4.78 is 13.3. The van der Waals surface area contributed by atoms with Crippen LogP contribution in [0.25, 0.3) is 0 Å². The van der Waals surface area contributed by atoms with Crippen molar-refractivity contribution in [3.63, 3.8) is 0 Å². The third kappa shape index (κ3) is 8.78. The summed E-state index contributed by atoms with van der Waals surface area (Å²) in [6, 6.07) is 7.09. The number of carbonyl (C=O) groups is 1. The highest BCUT2D eigenvalue weighted by molar-refractivity contribution is 14.0. The summed E-state index contributed by atoms with van der Waals surface area (Å²) in [7, 11) is 0. The normalized spacial score (nSPS) is 15.1. The molecule has 1 aliphatic rings. The molecule has 0 radical (unpaired) electrons. The Balaban J connectivity index is 0.00000450. The molecule has 0 bridgehead atoms. The number of likely N-dealkylation sites (tertiary alicyclic amines) is 1. The van der Waals surface area contributed by atoms with Crippen LogP contribution in [-0.2, 0) is 11.2 Å². The van der Waals surface area contributed by atoms with Crippen LogP contribution in [0.2, 0.25) is 0 Å². The Morgan fingerprint density at radius 2 is 1.93 bits per heavy atom. The number of rotatable bonds is 9. The first-order chi connectivity index (χ1) is 14.1. The molecule has 1 fully saturated rings. The molecule has 1 amide bonds. The quantitative estimate of drug-likeness (QED) is 0.215. The lowest BCUT2D eigenvalue weighted by atomic mass is 9.98. The number of amides is 1. The highest BCUT2D eigenvalue weighted by Gasteiger charge is 2.26. The van der Waals surface area contributed by atoms with Crippen LogP contribution in [-0.4, -0.2) is 49.0 Å². The smallest absolute Gasteiger partial charge is 0.225 e. The molecule has 2 rings (SSSR count). The van der Waals surface area contributed by atoms with Crippen molar-refractivity contribution in [1.29, 1.82) is 0 Å². The zero-order valence-electron chi connectivity index (χ0n) is 18.6. The van der Waals surface area contributed by atoms with Gasteiger partial charge in [0, 0.05) is 38.1 Å². The highest BCUT2D eigenvalue weighted by atomic mass is 127. The molecular formula is C23H38FIN4O. The zero-order valence-corrected chi connectivity index (χ0v) is 21.0. The predicted octanol–water partition coefficient (Wildman–Crippen LogP) is 4.36. The van der Waals surface area contributed by atoms with Crippen molar-refractivity contribution in [2.24, 2.45) is 10.9 Å². The highest BCUT2D eigenvalue weighted by Crippen LogP contribution is 2.17. The number of nitrogens with one attached hydrogen (secondary N) is 2. The first-order valence-corrected chi connectivity index (χ1v) is 11.1. The molecule has 1 aliphatic heterocycles. The average molecular weight is 532 g/mol. The molecule has 5 nitrogen and oxygen atoms in total. The van der Waals surface area contributed by atoms with E-state index >= 15 is 0 Å². The number of carbonyl (C=O) groups excluding carboxylic acids is 1. The minimum absolute atomic E-state index is 0. The van der Waals surface area contributed by atoms with E-state index in [2.05, 4.69) is 36.4 Å². The van der Waals surface area contributed by atoms with Crippen molar-refractivity contribution in [2.75, 3.05) is 26.2 Å². The lowest BCUT2D eigenvalue weighted by Crippen LogP contribution is -2.50. The number of aliphatic imine (C=N–C) groups is 1. The summed E-state index contributed by atoms with van der Waals surface area (Å²) in [6.45, 7) is 9.36. The van der Waals surface area contributed by atoms with Crippen LogP contribution in [0.5, 0.6) is 0 Å². The van der Waals surface area contributed by atoms with Crippen LogP contribution in [0.1, 0.15) is 58.4 Å². The summed E-state index contributed by atoms with van der Waals surface area (Å²) in [6.07, 6.45) is 5.42. The van der Waals surface area contributed by atoms with E-state index in [1.807, 2.05) is 11.0 Å². The van der Waals surface area contributed by atoms with E-state index in [-0.39, 0.29) is 35.7 Å². The molecule has 1 saturated heterocycles. The van der Waals surface area contributed by atoms with Crippen LogP contribution in [0.15, 0.2) is 29.3 Å². The maximum atomic E-state index is 13.3. The summed E-state index contributed by atoms with van der Waals surface area (Å²) in [5, 5.41) is 6.83. The minimum Gasteiger partial charge on any atom is -0.357 e. The second kappa shape index (κ2) is 14.6. The molecule has 30 heavy (non-hydrogen) atoms. The van der Waals surface area contributed by atoms with Gasteiger partial charge < -0.3 is 15.5 Å². The summed E-state index contributed by atoms with van der Waals surface area (Å²) in [4.78, 5) is 19.3. The fraction of sp³-hybridized carbons (Fsp3) is 0.652. The average Bonchev–Trinajstić information content (AvgIpc) is 2.72. The van der Waals surface area contributed by atoms with Gasteiger partial charge in [0.2, 0.25) is 5.91 Å². The molecule has 7 heteroatoms. The molecule has 0 spiro atoms. The fourth-order valence-electron chi connectivity index (χ4n) is 3.82. The van der Waals surface area contributed by atoms with Crippen LogP contribution >= 0.6 is 24.0 Å². The Bertz CT molecular complexity index is 658. The first kappa shape index (κ1) is 26.7. The Morgan fingerprint density at radius 1 is 1.23 bits per heavy atom. The summed E-state index contributed by atoms with van der Waals surface area (Å²) in [5.41, 5.74) is 1.01. The SMILES string of the molecule is CCNC(=NCCCc1cccc(F)c1)NC1CCN(C(=O)C(CC)CC)CC1.I. The van der Waals surface area contributed by atoms with Crippen LogP contribution in [0.4, 0.5) is 4.39 Å². The third-order valence-electron chi connectivity index (χ3n) is 5.61. The number of aryl methyl sites for hydroxylation is 1. The van der Waals surface area contributed by atoms with Gasteiger partial charge in [0.05, 0.1) is 0 Å². The van der Waals surface area contributed by atoms with E-state index in [0.717, 1.165) is 69.7 Å². The second-order valence-electron chi connectivity index (χ2n) is 7.75. The van der Waals surface area contributed by atoms with Crippen LogP contribution < -0.4 is 10.6 Å². The van der Waals surface area contributed by atoms with E-state index in [4.69, 9.17) is 0 Å². The van der Waals surface area contributed by atoms with Gasteiger partial charge in [-0.3, -0.25) is 9.79 Å². The van der Waals surface area contributed by atoms with Crippen molar-refractivity contribution >= 4 is 35.8 Å². The summed E-state index contributed by atoms with van der Waals surface area (Å²) in [5.74, 6) is 1.12. The lowest BCUT2D eigenvalue weighted by molar-refractivity contribution is -0.136. The summed E-state index contributed by atoms with van der Waals surface area (Å²) >= 11 is 0. The Hall–Kier alpha value is -1.38. The molecule has 1 heterocycles. The van der Waals surface area contributed by atoms with Crippen LogP contribution in [0, 0.1) is 11.7 Å². The molecule has 0 unspecified atom stereocenters. The van der Waals surface area contributed by atoms with Gasteiger partial charge in [-0.1, -0.05) is 26.0 Å². The number of benzene rings is 1. The topological polar surface area (TPSA) is 56.7 Å². The molecule has 0 atom stereocenters. The number of halogens is 2. The lowest BCUT2D eigenvalue weighted by Gasteiger charge is -2.34. The fourth-order valence-corrected chi connectivity index (χ4v) is 3.82. The molecule has 0 aromatic heterocycles. The van der Waals surface area contributed by atoms with Crippen molar-refractivity contribution in [1.82, 2.24) is 15.5 Å². The van der Waals surface area contributed by atoms with Crippen molar-refractivity contribution in [3.05, 3.63) is 35.6 Å². The van der Waals surface area contributed by atoms with Crippen molar-refractivity contribution < 1.29 is 9.18 Å². The standard InChI is InChI=1S/C23H37FN4O.HI/c1-4-19(5-2)22(29)28-15-12-21(13-16-28)27-23(25-6-3)26-14-8-10-18-9-7-11-20(24)17-18;/h7,9,11,17,19,21H,4-6,8,10,12-16H2,1-3H3,(H2,25,26,27);1H. The van der Waals surface area contributed by atoms with Crippen molar-refractivity contribution in [2.45, 2.75) is 65.3 Å². The molecule has 0 saturated carbocycles. The minimum atomic E-state index is -0.185. The number of guanidine groups is 1. The van der Waals surface area contributed by atoms with Gasteiger partial charge in [-0.05, 0) is 63.1 Å². The maximum absolute atomic E-state index is 13.3. The van der Waals surface area contributed by atoms with Gasteiger partial charge in [-0.15, -0.1) is 24.0 Å². The Labute approximate surface area is 198 Å². The van der Waals surface area contributed by atoms with Gasteiger partial charge in [-0.25, -0.2) is 4.39 Å². The third-order valence-corrected chi connectivity index (χ3v) is 5.61. The predicted molar refractivity (Wildman–Crippen MR) is 133 cm³/mol. The van der Waals surface area contributed by atoms with Gasteiger partial charge in [0.15, 0.2) is 5.96 Å². The van der Waals surface area contributed by atoms with Gasteiger partial charge in [0.25, 0.3) is 0 Å². The number of hydrogen-bond acceptors (Lipinski definition) is 2. The molecule has 1 aromatic rings. The molecular weight excluding hydrogens is 494 g/mol. The largest absolute Gasteiger partial charge is 0.357 e. The Morgan fingerprint density at radius 3 is 2.53 bits per heavy atom. The van der Waals surface area contributed by atoms with E-state index in [1.54, 1.807) is 12.1 Å². The molecule has 170 valence electrons. The van der Waals surface area contributed by atoms with Gasteiger partial charge in [-0.2, -0.15) is 0 Å². The monoisotopic (exact) mass is 532 g/mol. The number of hydrogen-bond donors (Lipinski definition) is 2. The number of nitrogens with zero attached hydrogens (tertiary/aromatic N) is 2. The molecule has 2 N–H and O–H groups in total. The zero-order chi connectivity index (χ0) is 21.1. The van der Waals surface area contributed by atoms with E-state index in [0.29, 0.717) is 18.5 Å². The maximum Gasteiger partial charge on any atom is 0.225 e. The first-order valence-electron chi connectivity index (χ1n) is 11.1. The Kier molecular flexibility index (Phi) is 13.0. The van der Waals surface area contributed by atoms with E-state index in [1.165, 1.54) is 6.07 Å². The van der Waals surface area contributed by atoms with Gasteiger partial charge in [0.1, 0.15) is 5.82 Å². The van der Waals surface area contributed by atoms with Crippen molar-refractivity contribution in [3.8, 4) is 0 Å². The molecule has 1 aromatic carbocycles. The van der Waals surface area contributed by atoms with Crippen LogP contribution in [0.3, 0.4) is 0 Å². The molecule has 0 aliphatic carbocycles. The van der Waals surface area contributed by atoms with Gasteiger partial charge >= 0.3 is 0 Å².